The molecule has 1 fully saturated rings. The van der Waals surface area contributed by atoms with Gasteiger partial charge >= 0.3 is 5.97 Å². The summed E-state index contributed by atoms with van der Waals surface area (Å²) in [6.07, 6.45) is 2.72. The zero-order valence-corrected chi connectivity index (χ0v) is 20.5. The lowest BCUT2D eigenvalue weighted by Crippen LogP contribution is -2.51. The van der Waals surface area contributed by atoms with E-state index in [1.807, 2.05) is 48.5 Å². The molecule has 3 aromatic carbocycles. The highest BCUT2D eigenvalue weighted by Crippen LogP contribution is 2.36. The molecule has 0 spiro atoms. The van der Waals surface area contributed by atoms with Crippen molar-refractivity contribution in [3.05, 3.63) is 101 Å². The fourth-order valence-corrected chi connectivity index (χ4v) is 5.22. The highest BCUT2D eigenvalue weighted by molar-refractivity contribution is 5.88. The van der Waals surface area contributed by atoms with Crippen LogP contribution in [0.4, 0.5) is 4.39 Å². The summed E-state index contributed by atoms with van der Waals surface area (Å²) >= 11 is 0. The molecule has 0 aromatic heterocycles. The molecule has 1 aliphatic heterocycles. The van der Waals surface area contributed by atoms with Crippen LogP contribution < -0.4 is 4.74 Å². The zero-order valence-electron chi connectivity index (χ0n) is 20.5. The lowest BCUT2D eigenvalue weighted by molar-refractivity contribution is -0.160. The molecule has 0 unspecified atom stereocenters. The maximum Gasteiger partial charge on any atom is 0.326 e. The molecule has 0 bridgehead atoms. The molecule has 1 heterocycles. The van der Waals surface area contributed by atoms with Crippen LogP contribution in [0.2, 0.25) is 0 Å². The molecule has 0 radical (unpaired) electrons. The number of benzene rings is 3. The van der Waals surface area contributed by atoms with Crippen molar-refractivity contribution < 1.29 is 28.6 Å². The van der Waals surface area contributed by atoms with E-state index in [0.717, 1.165) is 31.2 Å². The van der Waals surface area contributed by atoms with Crippen molar-refractivity contribution in [3.8, 4) is 5.75 Å². The van der Waals surface area contributed by atoms with Crippen LogP contribution >= 0.6 is 0 Å². The van der Waals surface area contributed by atoms with Crippen molar-refractivity contribution in [3.63, 3.8) is 0 Å². The SMILES string of the molecule is O=C(O)[C@@H]1Cc2c(OCc3ccccc3)ccc(F)c2CN1C(=O)[C@H](OC1CCCC1)c1ccccc1. The van der Waals surface area contributed by atoms with Crippen molar-refractivity contribution in [2.75, 3.05) is 0 Å². The molecule has 1 amide bonds. The number of aliphatic carboxylic acids is 1. The summed E-state index contributed by atoms with van der Waals surface area (Å²) in [6, 6.07) is 20.3. The minimum Gasteiger partial charge on any atom is -0.489 e. The Morgan fingerprint density at radius 3 is 2.30 bits per heavy atom. The van der Waals surface area contributed by atoms with Gasteiger partial charge in [0, 0.05) is 24.1 Å². The normalized spacial score (nSPS) is 18.3. The number of carboxylic acids is 1. The summed E-state index contributed by atoms with van der Waals surface area (Å²) in [5.41, 5.74) is 2.37. The average molecular weight is 504 g/mol. The molecular formula is C30H30FNO5. The zero-order chi connectivity index (χ0) is 25.8. The van der Waals surface area contributed by atoms with Crippen molar-refractivity contribution in [1.82, 2.24) is 4.90 Å². The summed E-state index contributed by atoms with van der Waals surface area (Å²) in [5.74, 6) is -1.67. The van der Waals surface area contributed by atoms with Crippen molar-refractivity contribution >= 4 is 11.9 Å². The number of nitrogens with zero attached hydrogens (tertiary/aromatic N) is 1. The van der Waals surface area contributed by atoms with E-state index in [1.54, 1.807) is 12.1 Å². The molecule has 1 aliphatic carbocycles. The summed E-state index contributed by atoms with van der Waals surface area (Å²) in [6.45, 7) is 0.0987. The van der Waals surface area contributed by atoms with Gasteiger partial charge in [0.2, 0.25) is 0 Å². The van der Waals surface area contributed by atoms with Crippen LogP contribution in [0.15, 0.2) is 72.8 Å². The van der Waals surface area contributed by atoms with Gasteiger partial charge in [-0.15, -0.1) is 0 Å². The monoisotopic (exact) mass is 503 g/mol. The number of carbonyl (C=O) groups is 2. The summed E-state index contributed by atoms with van der Waals surface area (Å²) in [4.78, 5) is 27.5. The minimum absolute atomic E-state index is 0.0524. The van der Waals surface area contributed by atoms with Gasteiger partial charge in [0.15, 0.2) is 6.10 Å². The number of amides is 1. The largest absolute Gasteiger partial charge is 0.489 e. The van der Waals surface area contributed by atoms with Crippen LogP contribution in [0.5, 0.6) is 5.75 Å². The van der Waals surface area contributed by atoms with Crippen LogP contribution in [-0.4, -0.2) is 34.0 Å². The first-order valence-corrected chi connectivity index (χ1v) is 12.7. The Morgan fingerprint density at radius 2 is 1.62 bits per heavy atom. The number of carboxylic acid groups (broad SMARTS) is 1. The Hall–Kier alpha value is -3.71. The standard InChI is InChI=1S/C30H30FNO5/c31-25-15-16-27(36-19-20-9-3-1-4-10-20)23-17-26(30(34)35)32(18-24(23)25)29(33)28(21-11-5-2-6-12-21)37-22-13-7-8-14-22/h1-6,9-12,15-16,22,26,28H,7-8,13-14,17-19H2,(H,34,35)/t26-,28+/m0/s1. The van der Waals surface area contributed by atoms with Crippen LogP contribution in [0, 0.1) is 5.82 Å². The van der Waals surface area contributed by atoms with Crippen molar-refractivity contribution in [2.24, 2.45) is 0 Å². The molecule has 37 heavy (non-hydrogen) atoms. The molecule has 192 valence electrons. The lowest BCUT2D eigenvalue weighted by atomic mass is 9.91. The molecule has 6 nitrogen and oxygen atoms in total. The molecule has 5 rings (SSSR count). The highest BCUT2D eigenvalue weighted by Gasteiger charge is 2.41. The van der Waals surface area contributed by atoms with Gasteiger partial charge in [0.05, 0.1) is 6.10 Å². The maximum absolute atomic E-state index is 15.1. The third-order valence-electron chi connectivity index (χ3n) is 7.20. The van der Waals surface area contributed by atoms with Crippen LogP contribution in [0.25, 0.3) is 0 Å². The number of fused-ring (bicyclic) bond motifs is 1. The molecule has 3 aromatic rings. The molecule has 0 saturated heterocycles. The van der Waals surface area contributed by atoms with Crippen molar-refractivity contribution in [1.29, 1.82) is 0 Å². The predicted molar refractivity (Wildman–Crippen MR) is 135 cm³/mol. The van der Waals surface area contributed by atoms with E-state index < -0.39 is 29.8 Å². The second kappa shape index (κ2) is 11.1. The number of rotatable bonds is 8. The van der Waals surface area contributed by atoms with Gasteiger partial charge in [0.25, 0.3) is 5.91 Å². The highest BCUT2D eigenvalue weighted by atomic mass is 19.1. The number of hydrogen-bond acceptors (Lipinski definition) is 4. The summed E-state index contributed by atoms with van der Waals surface area (Å²) in [7, 11) is 0. The van der Waals surface area contributed by atoms with E-state index in [1.165, 1.54) is 17.0 Å². The van der Waals surface area contributed by atoms with Gasteiger partial charge in [0.1, 0.15) is 24.2 Å². The molecular weight excluding hydrogens is 473 g/mol. The first-order valence-electron chi connectivity index (χ1n) is 12.7. The quantitative estimate of drug-likeness (QED) is 0.443. The van der Waals surface area contributed by atoms with Crippen LogP contribution in [0.1, 0.15) is 54.0 Å². The van der Waals surface area contributed by atoms with Gasteiger partial charge in [-0.2, -0.15) is 0 Å². The topological polar surface area (TPSA) is 76.1 Å². The Morgan fingerprint density at radius 1 is 0.946 bits per heavy atom. The van der Waals surface area contributed by atoms with E-state index in [-0.39, 0.29) is 31.2 Å². The maximum atomic E-state index is 15.1. The fourth-order valence-electron chi connectivity index (χ4n) is 5.22. The first kappa shape index (κ1) is 25.0. The van der Waals surface area contributed by atoms with Crippen molar-refractivity contribution in [2.45, 2.75) is 63.5 Å². The lowest BCUT2D eigenvalue weighted by Gasteiger charge is -2.37. The summed E-state index contributed by atoms with van der Waals surface area (Å²) < 4.78 is 27.3. The summed E-state index contributed by atoms with van der Waals surface area (Å²) in [5, 5.41) is 10.1. The smallest absolute Gasteiger partial charge is 0.326 e. The average Bonchev–Trinajstić information content (AvgIpc) is 3.45. The molecule has 2 atom stereocenters. The second-order valence-corrected chi connectivity index (χ2v) is 9.63. The first-order chi connectivity index (χ1) is 18.0. The Balaban J connectivity index is 1.45. The van der Waals surface area contributed by atoms with Gasteiger partial charge < -0.3 is 19.5 Å². The minimum atomic E-state index is -1.17. The van der Waals surface area contributed by atoms with Gasteiger partial charge in [-0.1, -0.05) is 73.5 Å². The number of hydrogen-bond donors (Lipinski definition) is 1. The van der Waals surface area contributed by atoms with Gasteiger partial charge in [-0.25, -0.2) is 9.18 Å². The molecule has 2 aliphatic rings. The van der Waals surface area contributed by atoms with E-state index in [0.29, 0.717) is 16.9 Å². The number of carbonyl (C=O) groups excluding carboxylic acids is 1. The van der Waals surface area contributed by atoms with Gasteiger partial charge in [-0.05, 0) is 36.1 Å². The number of halogens is 1. The van der Waals surface area contributed by atoms with Gasteiger partial charge in [-0.3, -0.25) is 4.79 Å². The Bertz CT molecular complexity index is 1240. The Kier molecular flexibility index (Phi) is 7.51. The fraction of sp³-hybridized carbons (Fsp3) is 0.333. The second-order valence-electron chi connectivity index (χ2n) is 9.63. The molecule has 1 N–H and O–H groups in total. The van der Waals surface area contributed by atoms with E-state index in [2.05, 4.69) is 0 Å². The third kappa shape index (κ3) is 5.52. The Labute approximate surface area is 215 Å². The van der Waals surface area contributed by atoms with E-state index in [9.17, 15) is 14.7 Å². The third-order valence-corrected chi connectivity index (χ3v) is 7.20. The predicted octanol–water partition coefficient (Wildman–Crippen LogP) is 5.44. The molecule has 1 saturated carbocycles. The van der Waals surface area contributed by atoms with Crippen LogP contribution in [0.3, 0.4) is 0 Å². The number of ether oxygens (including phenoxy) is 2. The van der Waals surface area contributed by atoms with Crippen LogP contribution in [-0.2, 0) is 33.9 Å². The van der Waals surface area contributed by atoms with E-state index >= 15 is 4.39 Å². The van der Waals surface area contributed by atoms with E-state index in [4.69, 9.17) is 9.47 Å². The molecule has 7 heteroatoms.